The Balaban J connectivity index is 1.90. The molecular weight excluding hydrogens is 310 g/mol. The molecule has 2 rings (SSSR count). The van der Waals surface area contributed by atoms with Crippen LogP contribution in [0.25, 0.3) is 6.08 Å². The summed E-state index contributed by atoms with van der Waals surface area (Å²) < 4.78 is 15.2. The van der Waals surface area contributed by atoms with Crippen LogP contribution in [-0.4, -0.2) is 31.3 Å². The third-order valence-electron chi connectivity index (χ3n) is 2.66. The Morgan fingerprint density at radius 2 is 2.18 bits per heavy atom. The summed E-state index contributed by atoms with van der Waals surface area (Å²) >= 11 is 6.03. The predicted molar refractivity (Wildman–Crippen MR) is 80.8 cm³/mol. The van der Waals surface area contributed by atoms with E-state index in [1.807, 2.05) is 13.8 Å². The standard InChI is InChI=1S/C15H16ClNO5/c1-9(2)17-13(18)7-20-14(19)4-3-10-5-11(16)15-12(6-10)21-8-22-15/h3-6,9H,7-8H2,1-2H3,(H,17,18)/b4-3+. The molecule has 0 aliphatic carbocycles. The highest BCUT2D eigenvalue weighted by Gasteiger charge is 2.17. The van der Waals surface area contributed by atoms with Gasteiger partial charge < -0.3 is 19.5 Å². The van der Waals surface area contributed by atoms with Crippen LogP contribution < -0.4 is 14.8 Å². The molecule has 118 valence electrons. The lowest BCUT2D eigenvalue weighted by atomic mass is 10.2. The first-order chi connectivity index (χ1) is 10.5. The van der Waals surface area contributed by atoms with Gasteiger partial charge in [0.05, 0.1) is 5.02 Å². The van der Waals surface area contributed by atoms with Crippen molar-refractivity contribution in [2.45, 2.75) is 19.9 Å². The molecule has 1 amide bonds. The van der Waals surface area contributed by atoms with Gasteiger partial charge in [-0.25, -0.2) is 4.79 Å². The Morgan fingerprint density at radius 3 is 2.91 bits per heavy atom. The van der Waals surface area contributed by atoms with Crippen LogP contribution in [0.5, 0.6) is 11.5 Å². The van der Waals surface area contributed by atoms with Crippen LogP contribution in [0, 0.1) is 0 Å². The van der Waals surface area contributed by atoms with Gasteiger partial charge in [0.2, 0.25) is 6.79 Å². The number of hydrogen-bond acceptors (Lipinski definition) is 5. The van der Waals surface area contributed by atoms with Crippen LogP contribution in [0.3, 0.4) is 0 Å². The van der Waals surface area contributed by atoms with Crippen LogP contribution in [0.1, 0.15) is 19.4 Å². The number of halogens is 1. The highest BCUT2D eigenvalue weighted by Crippen LogP contribution is 2.39. The molecule has 1 aliphatic heterocycles. The van der Waals surface area contributed by atoms with Crippen molar-refractivity contribution in [2.24, 2.45) is 0 Å². The molecule has 0 unspecified atom stereocenters. The topological polar surface area (TPSA) is 73.9 Å². The predicted octanol–water partition coefficient (Wildman–Crippen LogP) is 2.15. The van der Waals surface area contributed by atoms with E-state index >= 15 is 0 Å². The summed E-state index contributed by atoms with van der Waals surface area (Å²) in [6, 6.07) is 3.34. The Morgan fingerprint density at radius 1 is 1.41 bits per heavy atom. The highest BCUT2D eigenvalue weighted by atomic mass is 35.5. The molecule has 1 aliphatic rings. The van der Waals surface area contributed by atoms with Crippen molar-refractivity contribution < 1.29 is 23.8 Å². The molecule has 0 saturated heterocycles. The Hall–Kier alpha value is -2.21. The number of ether oxygens (including phenoxy) is 3. The van der Waals surface area contributed by atoms with Crippen molar-refractivity contribution >= 4 is 29.6 Å². The second-order valence-electron chi connectivity index (χ2n) is 4.90. The van der Waals surface area contributed by atoms with E-state index in [0.717, 1.165) is 0 Å². The van der Waals surface area contributed by atoms with E-state index < -0.39 is 5.97 Å². The molecule has 1 aromatic rings. The van der Waals surface area contributed by atoms with Gasteiger partial charge in [-0.05, 0) is 37.6 Å². The molecule has 22 heavy (non-hydrogen) atoms. The van der Waals surface area contributed by atoms with E-state index in [0.29, 0.717) is 22.1 Å². The first kappa shape index (κ1) is 16.2. The monoisotopic (exact) mass is 325 g/mol. The van der Waals surface area contributed by atoms with E-state index in [1.54, 1.807) is 12.1 Å². The maximum atomic E-state index is 11.5. The molecule has 0 saturated carbocycles. The average molecular weight is 326 g/mol. The van der Waals surface area contributed by atoms with Crippen LogP contribution in [0.15, 0.2) is 18.2 Å². The molecule has 0 aromatic heterocycles. The van der Waals surface area contributed by atoms with Crippen LogP contribution >= 0.6 is 11.6 Å². The fourth-order valence-electron chi connectivity index (χ4n) is 1.80. The van der Waals surface area contributed by atoms with E-state index in [4.69, 9.17) is 25.8 Å². The maximum Gasteiger partial charge on any atom is 0.331 e. The number of esters is 1. The minimum Gasteiger partial charge on any atom is -0.454 e. The van der Waals surface area contributed by atoms with Crippen molar-refractivity contribution in [2.75, 3.05) is 13.4 Å². The molecule has 0 atom stereocenters. The second-order valence-corrected chi connectivity index (χ2v) is 5.31. The second kappa shape index (κ2) is 7.17. The summed E-state index contributed by atoms with van der Waals surface area (Å²) in [6.07, 6.45) is 2.74. The quantitative estimate of drug-likeness (QED) is 0.663. The number of amides is 1. The molecule has 1 heterocycles. The largest absolute Gasteiger partial charge is 0.454 e. The SMILES string of the molecule is CC(C)NC(=O)COC(=O)/C=C/c1cc(Cl)c2c(c1)OCO2. The number of nitrogens with one attached hydrogen (secondary N) is 1. The summed E-state index contributed by atoms with van der Waals surface area (Å²) in [7, 11) is 0. The van der Waals surface area contributed by atoms with Gasteiger partial charge in [0, 0.05) is 12.1 Å². The number of carbonyl (C=O) groups is 2. The lowest BCUT2D eigenvalue weighted by molar-refractivity contribution is -0.143. The fraction of sp³-hybridized carbons (Fsp3) is 0.333. The molecule has 6 nitrogen and oxygen atoms in total. The fourth-order valence-corrected chi connectivity index (χ4v) is 2.07. The van der Waals surface area contributed by atoms with E-state index in [2.05, 4.69) is 5.32 Å². The zero-order valence-corrected chi connectivity index (χ0v) is 13.0. The maximum absolute atomic E-state index is 11.5. The summed E-state index contributed by atoms with van der Waals surface area (Å²) in [5.74, 6) is 0.0548. The van der Waals surface area contributed by atoms with E-state index in [-0.39, 0.29) is 25.3 Å². The minimum atomic E-state index is -0.618. The lowest BCUT2D eigenvalue weighted by Gasteiger charge is -2.07. The highest BCUT2D eigenvalue weighted by molar-refractivity contribution is 6.32. The van der Waals surface area contributed by atoms with Crippen molar-refractivity contribution in [1.29, 1.82) is 0 Å². The first-order valence-corrected chi connectivity index (χ1v) is 7.07. The van der Waals surface area contributed by atoms with Gasteiger partial charge in [-0.3, -0.25) is 4.79 Å². The summed E-state index contributed by atoms with van der Waals surface area (Å²) in [6.45, 7) is 3.45. The molecule has 0 spiro atoms. The zero-order chi connectivity index (χ0) is 16.1. The molecule has 0 radical (unpaired) electrons. The number of rotatable bonds is 5. The van der Waals surface area contributed by atoms with Gasteiger partial charge in [0.1, 0.15) is 0 Å². The number of fused-ring (bicyclic) bond motifs is 1. The van der Waals surface area contributed by atoms with Crippen molar-refractivity contribution in [1.82, 2.24) is 5.32 Å². The van der Waals surface area contributed by atoms with Crippen molar-refractivity contribution in [3.05, 3.63) is 28.8 Å². The smallest absolute Gasteiger partial charge is 0.331 e. The number of hydrogen-bond donors (Lipinski definition) is 1. The van der Waals surface area contributed by atoms with Gasteiger partial charge >= 0.3 is 5.97 Å². The minimum absolute atomic E-state index is 0.00230. The summed E-state index contributed by atoms with van der Waals surface area (Å²) in [4.78, 5) is 22.9. The average Bonchev–Trinajstić information content (AvgIpc) is 2.91. The van der Waals surface area contributed by atoms with Gasteiger partial charge in [0.25, 0.3) is 5.91 Å². The van der Waals surface area contributed by atoms with Crippen molar-refractivity contribution in [3.8, 4) is 11.5 Å². The third-order valence-corrected chi connectivity index (χ3v) is 2.94. The van der Waals surface area contributed by atoms with Gasteiger partial charge in [-0.2, -0.15) is 0 Å². The molecule has 7 heteroatoms. The Labute approximate surface area is 133 Å². The zero-order valence-electron chi connectivity index (χ0n) is 12.2. The summed E-state index contributed by atoms with van der Waals surface area (Å²) in [5, 5.41) is 3.02. The van der Waals surface area contributed by atoms with Gasteiger partial charge in [-0.15, -0.1) is 0 Å². The van der Waals surface area contributed by atoms with Crippen molar-refractivity contribution in [3.63, 3.8) is 0 Å². The molecule has 1 N–H and O–H groups in total. The third kappa shape index (κ3) is 4.39. The van der Waals surface area contributed by atoms with E-state index in [1.165, 1.54) is 12.2 Å². The van der Waals surface area contributed by atoms with Crippen LogP contribution in [0.2, 0.25) is 5.02 Å². The lowest BCUT2D eigenvalue weighted by Crippen LogP contribution is -2.33. The molecular formula is C15H16ClNO5. The Kier molecular flexibility index (Phi) is 5.27. The Bertz CT molecular complexity index is 612. The normalized spacial score (nSPS) is 12.7. The molecule has 1 aromatic carbocycles. The first-order valence-electron chi connectivity index (χ1n) is 6.69. The van der Waals surface area contributed by atoms with Crippen LogP contribution in [0.4, 0.5) is 0 Å². The summed E-state index contributed by atoms with van der Waals surface area (Å²) in [5.41, 5.74) is 0.665. The number of carbonyl (C=O) groups excluding carboxylic acids is 2. The molecule has 0 fully saturated rings. The van der Waals surface area contributed by atoms with Crippen LogP contribution in [-0.2, 0) is 14.3 Å². The van der Waals surface area contributed by atoms with E-state index in [9.17, 15) is 9.59 Å². The molecule has 0 bridgehead atoms. The number of benzene rings is 1. The van der Waals surface area contributed by atoms with Gasteiger partial charge in [-0.1, -0.05) is 11.6 Å². The van der Waals surface area contributed by atoms with Gasteiger partial charge in [0.15, 0.2) is 18.1 Å².